The molecular formula is C15H13Br2NO. The van der Waals surface area contributed by atoms with E-state index in [0.29, 0.717) is 8.95 Å². The van der Waals surface area contributed by atoms with E-state index in [9.17, 15) is 5.11 Å². The molecule has 0 unspecified atom stereocenters. The molecule has 2 aromatic carbocycles. The highest BCUT2D eigenvalue weighted by Gasteiger charge is 2.04. The molecule has 0 spiro atoms. The highest BCUT2D eigenvalue weighted by molar-refractivity contribution is 9.11. The number of phenols is 1. The van der Waals surface area contributed by atoms with Crippen LogP contribution in [0.25, 0.3) is 0 Å². The summed E-state index contributed by atoms with van der Waals surface area (Å²) in [6.07, 6.45) is 2.80. The zero-order valence-corrected chi connectivity index (χ0v) is 13.6. The Hall–Kier alpha value is -1.13. The number of rotatable bonds is 3. The summed E-state index contributed by atoms with van der Waals surface area (Å²) >= 11 is 6.60. The summed E-state index contributed by atoms with van der Waals surface area (Å²) in [7, 11) is 0. The summed E-state index contributed by atoms with van der Waals surface area (Å²) in [5.41, 5.74) is 3.13. The number of halogens is 2. The molecule has 2 rings (SSSR count). The molecule has 0 aromatic heterocycles. The van der Waals surface area contributed by atoms with Gasteiger partial charge in [0.05, 0.1) is 14.6 Å². The first-order chi connectivity index (χ1) is 9.10. The van der Waals surface area contributed by atoms with E-state index in [0.717, 1.165) is 17.7 Å². The molecule has 0 radical (unpaired) electrons. The molecule has 4 heteroatoms. The average Bonchev–Trinajstić information content (AvgIpc) is 2.43. The van der Waals surface area contributed by atoms with Crippen molar-refractivity contribution >= 4 is 43.8 Å². The Morgan fingerprint density at radius 1 is 1.11 bits per heavy atom. The molecule has 1 N–H and O–H groups in total. The first kappa shape index (κ1) is 14.3. The number of nitrogens with zero attached hydrogens (tertiary/aromatic N) is 1. The third-order valence-corrected chi connectivity index (χ3v) is 3.96. The molecule has 0 saturated heterocycles. The predicted octanol–water partition coefficient (Wildman–Crippen LogP) is 5.23. The van der Waals surface area contributed by atoms with Crippen LogP contribution in [0.3, 0.4) is 0 Å². The molecule has 0 bridgehead atoms. The Morgan fingerprint density at radius 2 is 1.68 bits per heavy atom. The summed E-state index contributed by atoms with van der Waals surface area (Å²) in [5.74, 6) is 0.199. The molecule has 2 nitrogen and oxygen atoms in total. The van der Waals surface area contributed by atoms with Crippen molar-refractivity contribution in [1.29, 1.82) is 0 Å². The molecule has 98 valence electrons. The molecular weight excluding hydrogens is 370 g/mol. The molecule has 2 aromatic rings. The van der Waals surface area contributed by atoms with Gasteiger partial charge >= 0.3 is 0 Å². The van der Waals surface area contributed by atoms with Gasteiger partial charge in [-0.3, -0.25) is 4.99 Å². The number of phenolic OH excluding ortho intramolecular Hbond substituents is 1. The van der Waals surface area contributed by atoms with Crippen molar-refractivity contribution in [2.75, 3.05) is 0 Å². The maximum absolute atomic E-state index is 9.64. The van der Waals surface area contributed by atoms with Crippen LogP contribution in [0.2, 0.25) is 0 Å². The second kappa shape index (κ2) is 6.35. The zero-order chi connectivity index (χ0) is 13.8. The third-order valence-electron chi connectivity index (χ3n) is 2.75. The normalized spacial score (nSPS) is 11.1. The van der Waals surface area contributed by atoms with Crippen LogP contribution in [0.15, 0.2) is 50.3 Å². The summed E-state index contributed by atoms with van der Waals surface area (Å²) in [6, 6.07) is 11.8. The minimum Gasteiger partial charge on any atom is -0.506 e. The largest absolute Gasteiger partial charge is 0.506 e. The van der Waals surface area contributed by atoms with E-state index >= 15 is 0 Å². The lowest BCUT2D eigenvalue weighted by Crippen LogP contribution is -1.83. The van der Waals surface area contributed by atoms with Gasteiger partial charge in [0.25, 0.3) is 0 Å². The van der Waals surface area contributed by atoms with Gasteiger partial charge in [-0.05, 0) is 73.7 Å². The van der Waals surface area contributed by atoms with E-state index in [4.69, 9.17) is 0 Å². The Labute approximate surface area is 129 Å². The molecule has 0 amide bonds. The molecule has 19 heavy (non-hydrogen) atoms. The van der Waals surface area contributed by atoms with Crippen LogP contribution in [0.5, 0.6) is 5.75 Å². The molecule has 0 heterocycles. The van der Waals surface area contributed by atoms with E-state index in [-0.39, 0.29) is 5.75 Å². The number of hydrogen-bond acceptors (Lipinski definition) is 2. The Balaban J connectivity index is 2.22. The summed E-state index contributed by atoms with van der Waals surface area (Å²) in [4.78, 5) is 4.42. The van der Waals surface area contributed by atoms with Crippen LogP contribution in [-0.4, -0.2) is 11.3 Å². The second-order valence-electron chi connectivity index (χ2n) is 4.11. The average molecular weight is 383 g/mol. The van der Waals surface area contributed by atoms with E-state index in [1.165, 1.54) is 5.56 Å². The molecule has 0 atom stereocenters. The lowest BCUT2D eigenvalue weighted by molar-refractivity contribution is 0.468. The van der Waals surface area contributed by atoms with Crippen molar-refractivity contribution in [3.8, 4) is 5.75 Å². The first-order valence-corrected chi connectivity index (χ1v) is 7.49. The number of aryl methyl sites for hydroxylation is 1. The Kier molecular flexibility index (Phi) is 4.77. The molecule has 0 aliphatic carbocycles. The van der Waals surface area contributed by atoms with Crippen molar-refractivity contribution in [2.45, 2.75) is 13.3 Å². The molecule has 0 fully saturated rings. The van der Waals surface area contributed by atoms with E-state index in [1.807, 2.05) is 24.3 Å². The van der Waals surface area contributed by atoms with Gasteiger partial charge in [0.15, 0.2) is 0 Å². The minimum atomic E-state index is 0.199. The standard InChI is InChI=1S/C15H13Br2NO/c1-2-10-3-5-12(6-4-10)18-9-11-7-13(16)15(19)14(17)8-11/h3-9,19H,2H2,1H3. The smallest absolute Gasteiger partial charge is 0.143 e. The van der Waals surface area contributed by atoms with Crippen LogP contribution in [-0.2, 0) is 6.42 Å². The van der Waals surface area contributed by atoms with Gasteiger partial charge in [0.1, 0.15) is 5.75 Å². The van der Waals surface area contributed by atoms with Gasteiger partial charge in [-0.1, -0.05) is 19.1 Å². The van der Waals surface area contributed by atoms with Crippen LogP contribution in [0.4, 0.5) is 5.69 Å². The number of hydrogen-bond donors (Lipinski definition) is 1. The van der Waals surface area contributed by atoms with Crippen molar-refractivity contribution in [2.24, 2.45) is 4.99 Å². The zero-order valence-electron chi connectivity index (χ0n) is 10.4. The van der Waals surface area contributed by atoms with Crippen molar-refractivity contribution in [1.82, 2.24) is 0 Å². The maximum atomic E-state index is 9.64. The fourth-order valence-electron chi connectivity index (χ4n) is 1.63. The topological polar surface area (TPSA) is 32.6 Å². The van der Waals surface area contributed by atoms with E-state index in [1.54, 1.807) is 6.21 Å². The molecule has 0 aliphatic heterocycles. The summed E-state index contributed by atoms with van der Waals surface area (Å²) in [6.45, 7) is 2.13. The van der Waals surface area contributed by atoms with Gasteiger partial charge in [-0.2, -0.15) is 0 Å². The van der Waals surface area contributed by atoms with E-state index in [2.05, 4.69) is 55.9 Å². The number of aliphatic imine (C=N–C) groups is 1. The summed E-state index contributed by atoms with van der Waals surface area (Å²) in [5, 5.41) is 9.64. The predicted molar refractivity (Wildman–Crippen MR) is 86.6 cm³/mol. The van der Waals surface area contributed by atoms with Crippen molar-refractivity contribution < 1.29 is 5.11 Å². The van der Waals surface area contributed by atoms with Crippen molar-refractivity contribution in [3.05, 3.63) is 56.5 Å². The van der Waals surface area contributed by atoms with E-state index < -0.39 is 0 Å². The lowest BCUT2D eigenvalue weighted by Gasteiger charge is -2.02. The monoisotopic (exact) mass is 381 g/mol. The number of aromatic hydroxyl groups is 1. The van der Waals surface area contributed by atoms with Crippen molar-refractivity contribution in [3.63, 3.8) is 0 Å². The fourth-order valence-corrected chi connectivity index (χ4v) is 2.85. The third kappa shape index (κ3) is 3.67. The van der Waals surface area contributed by atoms with Gasteiger partial charge in [0, 0.05) is 6.21 Å². The Morgan fingerprint density at radius 3 is 2.21 bits per heavy atom. The molecule has 0 aliphatic rings. The lowest BCUT2D eigenvalue weighted by atomic mass is 10.1. The second-order valence-corrected chi connectivity index (χ2v) is 5.82. The molecule has 0 saturated carbocycles. The van der Waals surface area contributed by atoms with Gasteiger partial charge in [0.2, 0.25) is 0 Å². The van der Waals surface area contributed by atoms with Gasteiger partial charge in [-0.15, -0.1) is 0 Å². The summed E-state index contributed by atoms with van der Waals surface area (Å²) < 4.78 is 1.29. The maximum Gasteiger partial charge on any atom is 0.143 e. The quantitative estimate of drug-likeness (QED) is 0.724. The minimum absolute atomic E-state index is 0.199. The van der Waals surface area contributed by atoms with Crippen LogP contribution < -0.4 is 0 Å². The van der Waals surface area contributed by atoms with Gasteiger partial charge in [-0.25, -0.2) is 0 Å². The Bertz CT molecular complexity index is 583. The van der Waals surface area contributed by atoms with Gasteiger partial charge < -0.3 is 5.11 Å². The highest BCUT2D eigenvalue weighted by Crippen LogP contribution is 2.32. The van der Waals surface area contributed by atoms with Crippen LogP contribution in [0, 0.1) is 0 Å². The van der Waals surface area contributed by atoms with Crippen LogP contribution in [0.1, 0.15) is 18.1 Å². The first-order valence-electron chi connectivity index (χ1n) is 5.91. The SMILES string of the molecule is CCc1ccc(N=Cc2cc(Br)c(O)c(Br)c2)cc1. The fraction of sp³-hybridized carbons (Fsp3) is 0.133. The van der Waals surface area contributed by atoms with Crippen LogP contribution >= 0.6 is 31.9 Å². The number of benzene rings is 2. The highest BCUT2D eigenvalue weighted by atomic mass is 79.9.